The fraction of sp³-hybridized carbons (Fsp3) is 0.500. The predicted octanol–water partition coefficient (Wildman–Crippen LogP) is 1.03. The first-order valence-corrected chi connectivity index (χ1v) is 4.74. The second-order valence-electron chi connectivity index (χ2n) is 3.60. The van der Waals surface area contributed by atoms with Crippen LogP contribution >= 0.6 is 0 Å². The number of rotatable bonds is 2. The summed E-state index contributed by atoms with van der Waals surface area (Å²) in [6, 6.07) is -0.0637. The van der Waals surface area contributed by atoms with Gasteiger partial charge in [-0.3, -0.25) is 4.68 Å². The summed E-state index contributed by atoms with van der Waals surface area (Å²) < 4.78 is 7.02. The molecule has 1 aliphatic rings. The van der Waals surface area contributed by atoms with E-state index in [4.69, 9.17) is 10.5 Å². The van der Waals surface area contributed by atoms with Crippen molar-refractivity contribution in [1.82, 2.24) is 9.78 Å². The molecule has 1 unspecified atom stereocenters. The van der Waals surface area contributed by atoms with Gasteiger partial charge in [-0.25, -0.2) is 0 Å². The molecule has 0 saturated heterocycles. The van der Waals surface area contributed by atoms with Crippen molar-refractivity contribution in [2.24, 2.45) is 12.8 Å². The third kappa shape index (κ3) is 1.42. The van der Waals surface area contributed by atoms with Gasteiger partial charge >= 0.3 is 0 Å². The molecule has 0 aromatic carbocycles. The SMILES string of the molecule is Cc1c(C(N)C2=COCC2)cnn1C. The van der Waals surface area contributed by atoms with E-state index in [0.717, 1.165) is 29.9 Å². The van der Waals surface area contributed by atoms with Gasteiger partial charge in [0.25, 0.3) is 0 Å². The second kappa shape index (κ2) is 3.46. The normalized spacial score (nSPS) is 17.8. The highest BCUT2D eigenvalue weighted by atomic mass is 16.5. The van der Waals surface area contributed by atoms with E-state index in [-0.39, 0.29) is 6.04 Å². The monoisotopic (exact) mass is 193 g/mol. The third-order valence-corrected chi connectivity index (χ3v) is 2.75. The van der Waals surface area contributed by atoms with Crippen molar-refractivity contribution in [3.8, 4) is 0 Å². The molecular formula is C10H15N3O. The van der Waals surface area contributed by atoms with Crippen molar-refractivity contribution in [2.45, 2.75) is 19.4 Å². The van der Waals surface area contributed by atoms with E-state index in [1.807, 2.05) is 24.9 Å². The molecule has 2 heterocycles. The van der Waals surface area contributed by atoms with Crippen LogP contribution in [-0.4, -0.2) is 16.4 Å². The van der Waals surface area contributed by atoms with Gasteiger partial charge in [0.2, 0.25) is 0 Å². The molecule has 0 fully saturated rings. The van der Waals surface area contributed by atoms with Crippen LogP contribution in [0.5, 0.6) is 0 Å². The van der Waals surface area contributed by atoms with Gasteiger partial charge in [0.1, 0.15) is 0 Å². The zero-order valence-electron chi connectivity index (χ0n) is 8.53. The number of aromatic nitrogens is 2. The minimum Gasteiger partial charge on any atom is -0.501 e. The molecule has 4 nitrogen and oxygen atoms in total. The Morgan fingerprint density at radius 3 is 2.93 bits per heavy atom. The Kier molecular flexibility index (Phi) is 2.29. The van der Waals surface area contributed by atoms with Gasteiger partial charge in [-0.2, -0.15) is 5.10 Å². The number of ether oxygens (including phenoxy) is 1. The first-order valence-electron chi connectivity index (χ1n) is 4.74. The Hall–Kier alpha value is -1.29. The predicted molar refractivity (Wildman–Crippen MR) is 53.5 cm³/mol. The Labute approximate surface area is 83.4 Å². The van der Waals surface area contributed by atoms with E-state index in [2.05, 4.69) is 5.10 Å². The number of nitrogens with two attached hydrogens (primary N) is 1. The molecule has 0 amide bonds. The van der Waals surface area contributed by atoms with Gasteiger partial charge in [0, 0.05) is 24.7 Å². The fourth-order valence-corrected chi connectivity index (χ4v) is 1.65. The molecule has 2 rings (SSSR count). The van der Waals surface area contributed by atoms with Gasteiger partial charge in [-0.1, -0.05) is 0 Å². The van der Waals surface area contributed by atoms with Crippen molar-refractivity contribution in [3.05, 3.63) is 29.3 Å². The van der Waals surface area contributed by atoms with Crippen LogP contribution in [-0.2, 0) is 11.8 Å². The lowest BCUT2D eigenvalue weighted by atomic mass is 10.00. The van der Waals surface area contributed by atoms with Crippen LogP contribution in [0.25, 0.3) is 0 Å². The molecule has 0 radical (unpaired) electrons. The Morgan fingerprint density at radius 2 is 2.43 bits per heavy atom. The molecule has 0 aliphatic carbocycles. The maximum Gasteiger partial charge on any atom is 0.0912 e. The minimum atomic E-state index is -0.0637. The van der Waals surface area contributed by atoms with Crippen LogP contribution in [0.4, 0.5) is 0 Å². The Bertz CT molecular complexity index is 367. The molecular weight excluding hydrogens is 178 g/mol. The molecule has 1 atom stereocenters. The number of aryl methyl sites for hydroxylation is 1. The third-order valence-electron chi connectivity index (χ3n) is 2.75. The molecule has 1 aromatic rings. The smallest absolute Gasteiger partial charge is 0.0912 e. The maximum absolute atomic E-state index is 6.11. The molecule has 1 aliphatic heterocycles. The topological polar surface area (TPSA) is 53.1 Å². The summed E-state index contributed by atoms with van der Waals surface area (Å²) in [6.45, 7) is 2.78. The number of nitrogens with zero attached hydrogens (tertiary/aromatic N) is 2. The number of hydrogen-bond donors (Lipinski definition) is 1. The van der Waals surface area contributed by atoms with Crippen molar-refractivity contribution in [1.29, 1.82) is 0 Å². The van der Waals surface area contributed by atoms with Gasteiger partial charge < -0.3 is 10.5 Å². The molecule has 76 valence electrons. The quantitative estimate of drug-likeness (QED) is 0.763. The van der Waals surface area contributed by atoms with E-state index in [0.29, 0.717) is 0 Å². The van der Waals surface area contributed by atoms with Crippen molar-refractivity contribution < 1.29 is 4.74 Å². The van der Waals surface area contributed by atoms with Gasteiger partial charge in [0.15, 0.2) is 0 Å². The standard InChI is InChI=1S/C10H15N3O/c1-7-9(5-12-13(7)2)10(11)8-3-4-14-6-8/h5-6,10H,3-4,11H2,1-2H3. The summed E-state index contributed by atoms with van der Waals surface area (Å²) in [5, 5.41) is 4.18. The van der Waals surface area contributed by atoms with Crippen LogP contribution < -0.4 is 5.73 Å². The van der Waals surface area contributed by atoms with Gasteiger partial charge in [-0.05, 0) is 12.5 Å². The zero-order chi connectivity index (χ0) is 10.1. The minimum absolute atomic E-state index is 0.0637. The van der Waals surface area contributed by atoms with Crippen molar-refractivity contribution in [2.75, 3.05) is 6.61 Å². The summed E-state index contributed by atoms with van der Waals surface area (Å²) in [6.07, 6.45) is 4.53. The summed E-state index contributed by atoms with van der Waals surface area (Å²) in [7, 11) is 1.92. The molecule has 4 heteroatoms. The summed E-state index contributed by atoms with van der Waals surface area (Å²) in [5.41, 5.74) is 9.47. The lowest BCUT2D eigenvalue weighted by Crippen LogP contribution is -2.13. The van der Waals surface area contributed by atoms with E-state index in [1.54, 1.807) is 6.26 Å². The van der Waals surface area contributed by atoms with E-state index >= 15 is 0 Å². The Morgan fingerprint density at radius 1 is 1.64 bits per heavy atom. The van der Waals surface area contributed by atoms with Crippen LogP contribution in [0.3, 0.4) is 0 Å². The summed E-state index contributed by atoms with van der Waals surface area (Å²) in [5.74, 6) is 0. The summed E-state index contributed by atoms with van der Waals surface area (Å²) in [4.78, 5) is 0. The van der Waals surface area contributed by atoms with Crippen LogP contribution in [0.1, 0.15) is 23.7 Å². The molecule has 14 heavy (non-hydrogen) atoms. The van der Waals surface area contributed by atoms with Gasteiger partial charge in [0.05, 0.1) is 25.1 Å². The van der Waals surface area contributed by atoms with Crippen molar-refractivity contribution >= 4 is 0 Å². The first-order chi connectivity index (χ1) is 6.70. The first kappa shape index (κ1) is 9.27. The van der Waals surface area contributed by atoms with Crippen molar-refractivity contribution in [3.63, 3.8) is 0 Å². The largest absolute Gasteiger partial charge is 0.501 e. The Balaban J connectivity index is 2.26. The molecule has 0 saturated carbocycles. The highest BCUT2D eigenvalue weighted by Gasteiger charge is 2.19. The lowest BCUT2D eigenvalue weighted by Gasteiger charge is -2.10. The van der Waals surface area contributed by atoms with Crippen LogP contribution in [0.2, 0.25) is 0 Å². The number of hydrogen-bond acceptors (Lipinski definition) is 3. The average Bonchev–Trinajstić information content (AvgIpc) is 2.77. The maximum atomic E-state index is 6.11. The van der Waals surface area contributed by atoms with Crippen LogP contribution in [0, 0.1) is 6.92 Å². The highest BCUT2D eigenvalue weighted by Crippen LogP contribution is 2.26. The second-order valence-corrected chi connectivity index (χ2v) is 3.60. The highest BCUT2D eigenvalue weighted by molar-refractivity contribution is 5.29. The molecule has 1 aromatic heterocycles. The molecule has 0 spiro atoms. The van der Waals surface area contributed by atoms with Crippen LogP contribution in [0.15, 0.2) is 18.0 Å². The summed E-state index contributed by atoms with van der Waals surface area (Å²) >= 11 is 0. The molecule has 2 N–H and O–H groups in total. The lowest BCUT2D eigenvalue weighted by molar-refractivity contribution is 0.281. The van der Waals surface area contributed by atoms with E-state index in [9.17, 15) is 0 Å². The van der Waals surface area contributed by atoms with E-state index in [1.165, 1.54) is 0 Å². The fourth-order valence-electron chi connectivity index (χ4n) is 1.65. The molecule has 0 bridgehead atoms. The van der Waals surface area contributed by atoms with Gasteiger partial charge in [-0.15, -0.1) is 0 Å². The zero-order valence-corrected chi connectivity index (χ0v) is 8.53. The average molecular weight is 193 g/mol. The van der Waals surface area contributed by atoms with E-state index < -0.39 is 0 Å².